The van der Waals surface area contributed by atoms with Gasteiger partial charge in [-0.25, -0.2) is 4.79 Å². The number of alkyl halides is 3. The number of ether oxygens (including phenoxy) is 2. The molecule has 0 unspecified atom stereocenters. The smallest absolute Gasteiger partial charge is 0.415 e. The molecule has 1 saturated heterocycles. The summed E-state index contributed by atoms with van der Waals surface area (Å²) in [7, 11) is 1.40. The van der Waals surface area contributed by atoms with Crippen LogP contribution in [0, 0.1) is 0 Å². The fourth-order valence-corrected chi connectivity index (χ4v) is 2.68. The molecule has 1 atom stereocenters. The summed E-state index contributed by atoms with van der Waals surface area (Å²) in [6.45, 7) is -2.04. The number of benzene rings is 1. The van der Waals surface area contributed by atoms with E-state index in [1.807, 2.05) is 0 Å². The van der Waals surface area contributed by atoms with Crippen LogP contribution in [0.5, 0.6) is 5.75 Å². The van der Waals surface area contributed by atoms with Crippen molar-refractivity contribution in [3.05, 3.63) is 18.2 Å². The van der Waals surface area contributed by atoms with Crippen LogP contribution in [-0.4, -0.2) is 56.9 Å². The maximum atomic E-state index is 12.7. The van der Waals surface area contributed by atoms with Crippen molar-refractivity contribution in [2.45, 2.75) is 12.3 Å². The van der Waals surface area contributed by atoms with Crippen molar-refractivity contribution < 1.29 is 37.0 Å². The zero-order chi connectivity index (χ0) is 19.1. The number of likely N-dealkylation sites (N-methyl/N-ethyl adjacent to an activating group) is 1. The Bertz CT molecular complexity index is 767. The number of halogens is 3. The van der Waals surface area contributed by atoms with Crippen LogP contribution in [0.4, 0.5) is 29.3 Å². The Kier molecular flexibility index (Phi) is 4.38. The second-order valence-corrected chi connectivity index (χ2v) is 5.63. The average Bonchev–Trinajstić information content (AvgIpc) is 2.97. The van der Waals surface area contributed by atoms with Crippen molar-refractivity contribution in [3.8, 4) is 5.75 Å². The topological polar surface area (TPSA) is 88.2 Å². The Morgan fingerprint density at radius 3 is 2.73 bits per heavy atom. The third-order valence-electron chi connectivity index (χ3n) is 3.89. The molecule has 2 heterocycles. The summed E-state index contributed by atoms with van der Waals surface area (Å²) in [5, 5.41) is 2.36. The van der Waals surface area contributed by atoms with E-state index in [0.29, 0.717) is 4.90 Å². The molecule has 2 aliphatic rings. The Balaban J connectivity index is 1.86. The van der Waals surface area contributed by atoms with Crippen LogP contribution < -0.4 is 19.9 Å². The van der Waals surface area contributed by atoms with Crippen LogP contribution in [-0.2, 0) is 14.3 Å². The fraction of sp³-hybridized carbons (Fsp3) is 0.400. The molecule has 1 N–H and O–H groups in total. The van der Waals surface area contributed by atoms with Gasteiger partial charge < -0.3 is 14.8 Å². The van der Waals surface area contributed by atoms with Crippen molar-refractivity contribution in [1.82, 2.24) is 5.32 Å². The highest BCUT2D eigenvalue weighted by atomic mass is 19.4. The van der Waals surface area contributed by atoms with Crippen molar-refractivity contribution >= 4 is 29.3 Å². The standard InChI is InChI=1S/C15H14F3N3O5/c1-19-13(23)11-5-20(14(24)26-11)8-2-3-9-10(4-8)25-6-12(22)21(9)7-15(16,17)18/h2-4,11H,5-7H2,1H3,(H,19,23)/t11-/m1/s1. The van der Waals surface area contributed by atoms with Gasteiger partial charge in [0.2, 0.25) is 0 Å². The third-order valence-corrected chi connectivity index (χ3v) is 3.89. The van der Waals surface area contributed by atoms with Crippen LogP contribution in [0.25, 0.3) is 0 Å². The molecular formula is C15H14F3N3O5. The van der Waals surface area contributed by atoms with E-state index >= 15 is 0 Å². The van der Waals surface area contributed by atoms with Gasteiger partial charge in [-0.3, -0.25) is 19.4 Å². The van der Waals surface area contributed by atoms with Gasteiger partial charge >= 0.3 is 12.3 Å². The highest BCUT2D eigenvalue weighted by Crippen LogP contribution is 2.38. The fourth-order valence-electron chi connectivity index (χ4n) is 2.68. The van der Waals surface area contributed by atoms with Gasteiger partial charge in [-0.15, -0.1) is 0 Å². The largest absolute Gasteiger partial charge is 0.481 e. The van der Waals surface area contributed by atoms with E-state index in [9.17, 15) is 27.6 Å². The van der Waals surface area contributed by atoms with Gasteiger partial charge in [0, 0.05) is 13.1 Å². The minimum Gasteiger partial charge on any atom is -0.481 e. The van der Waals surface area contributed by atoms with Gasteiger partial charge in [0.05, 0.1) is 17.9 Å². The van der Waals surface area contributed by atoms with Gasteiger partial charge in [0.15, 0.2) is 12.7 Å². The summed E-state index contributed by atoms with van der Waals surface area (Å²) in [6.07, 6.45) is -6.33. The zero-order valence-electron chi connectivity index (χ0n) is 13.5. The summed E-state index contributed by atoms with van der Waals surface area (Å²) in [5.41, 5.74) is 0.235. The maximum Gasteiger partial charge on any atom is 0.415 e. The van der Waals surface area contributed by atoms with Gasteiger partial charge in [0.1, 0.15) is 12.3 Å². The molecule has 1 fully saturated rings. The molecule has 8 nitrogen and oxygen atoms in total. The number of amides is 3. The Hall–Kier alpha value is -2.98. The number of nitrogens with one attached hydrogen (secondary N) is 1. The van der Waals surface area contributed by atoms with Crippen LogP contribution in [0.3, 0.4) is 0 Å². The maximum absolute atomic E-state index is 12.7. The molecule has 0 aromatic heterocycles. The lowest BCUT2D eigenvalue weighted by molar-refractivity contribution is -0.134. The lowest BCUT2D eigenvalue weighted by Crippen LogP contribution is -2.44. The van der Waals surface area contributed by atoms with E-state index in [0.717, 1.165) is 4.90 Å². The predicted octanol–water partition coefficient (Wildman–Crippen LogP) is 1.05. The second-order valence-electron chi connectivity index (χ2n) is 5.63. The summed E-state index contributed by atoms with van der Waals surface area (Å²) in [6, 6.07) is 3.95. The van der Waals surface area contributed by atoms with E-state index in [1.165, 1.54) is 25.2 Å². The number of hydrogen-bond acceptors (Lipinski definition) is 5. The van der Waals surface area contributed by atoms with Gasteiger partial charge in [-0.2, -0.15) is 13.2 Å². The van der Waals surface area contributed by atoms with Gasteiger partial charge in [0.25, 0.3) is 11.8 Å². The van der Waals surface area contributed by atoms with Crippen molar-refractivity contribution in [3.63, 3.8) is 0 Å². The van der Waals surface area contributed by atoms with E-state index < -0.39 is 43.3 Å². The first kappa shape index (κ1) is 17.8. The first-order valence-electron chi connectivity index (χ1n) is 7.53. The molecule has 3 rings (SSSR count). The molecule has 11 heteroatoms. The molecule has 0 saturated carbocycles. The first-order chi connectivity index (χ1) is 12.2. The molecule has 0 bridgehead atoms. The van der Waals surface area contributed by atoms with E-state index in [4.69, 9.17) is 9.47 Å². The lowest BCUT2D eigenvalue weighted by Gasteiger charge is -2.30. The van der Waals surface area contributed by atoms with Crippen molar-refractivity contribution in [2.24, 2.45) is 0 Å². The number of cyclic esters (lactones) is 1. The highest BCUT2D eigenvalue weighted by molar-refractivity contribution is 6.00. The van der Waals surface area contributed by atoms with Crippen LogP contribution >= 0.6 is 0 Å². The quantitative estimate of drug-likeness (QED) is 0.856. The molecule has 2 aliphatic heterocycles. The Labute approximate surface area is 145 Å². The van der Waals surface area contributed by atoms with E-state index in [1.54, 1.807) is 0 Å². The number of rotatable bonds is 3. The summed E-state index contributed by atoms with van der Waals surface area (Å²) in [5.74, 6) is -1.26. The summed E-state index contributed by atoms with van der Waals surface area (Å²) in [4.78, 5) is 37.0. The van der Waals surface area contributed by atoms with Gasteiger partial charge in [-0.1, -0.05) is 0 Å². The van der Waals surface area contributed by atoms with E-state index in [-0.39, 0.29) is 23.7 Å². The third kappa shape index (κ3) is 3.37. The minimum absolute atomic E-state index is 0.0301. The van der Waals surface area contributed by atoms with Crippen LogP contribution in [0.1, 0.15) is 0 Å². The normalized spacial score (nSPS) is 19.8. The molecular weight excluding hydrogens is 359 g/mol. The number of carbonyl (C=O) groups excluding carboxylic acids is 3. The van der Waals surface area contributed by atoms with E-state index in [2.05, 4.69) is 5.32 Å². The lowest BCUT2D eigenvalue weighted by atomic mass is 10.2. The van der Waals surface area contributed by atoms with Crippen molar-refractivity contribution in [1.29, 1.82) is 0 Å². The molecule has 3 amide bonds. The van der Waals surface area contributed by atoms with Crippen LogP contribution in [0.2, 0.25) is 0 Å². The minimum atomic E-state index is -4.57. The Morgan fingerprint density at radius 1 is 1.35 bits per heavy atom. The summed E-state index contributed by atoms with van der Waals surface area (Å²) < 4.78 is 48.2. The molecule has 1 aromatic rings. The average molecular weight is 373 g/mol. The molecule has 0 spiro atoms. The number of hydrogen-bond donors (Lipinski definition) is 1. The molecule has 140 valence electrons. The molecule has 1 aromatic carbocycles. The number of nitrogens with zero attached hydrogens (tertiary/aromatic N) is 2. The monoisotopic (exact) mass is 373 g/mol. The van der Waals surface area contributed by atoms with Crippen LogP contribution in [0.15, 0.2) is 18.2 Å². The Morgan fingerprint density at radius 2 is 2.08 bits per heavy atom. The van der Waals surface area contributed by atoms with Crippen molar-refractivity contribution in [2.75, 3.05) is 36.5 Å². The van der Waals surface area contributed by atoms with Gasteiger partial charge in [-0.05, 0) is 12.1 Å². The first-order valence-corrected chi connectivity index (χ1v) is 7.53. The predicted molar refractivity (Wildman–Crippen MR) is 82.0 cm³/mol. The zero-order valence-corrected chi connectivity index (χ0v) is 13.5. The molecule has 0 aliphatic carbocycles. The summed E-state index contributed by atoms with van der Waals surface area (Å²) >= 11 is 0. The second kappa shape index (κ2) is 6.39. The number of carbonyl (C=O) groups is 3. The molecule has 0 radical (unpaired) electrons. The number of fused-ring (bicyclic) bond motifs is 1. The highest BCUT2D eigenvalue weighted by Gasteiger charge is 2.39. The number of anilines is 2. The molecule has 26 heavy (non-hydrogen) atoms. The SMILES string of the molecule is CNC(=O)[C@H]1CN(c2ccc3c(c2)OCC(=O)N3CC(F)(F)F)C(=O)O1.